The normalized spacial score (nSPS) is 21.6. The summed E-state index contributed by atoms with van der Waals surface area (Å²) >= 11 is 0. The maximum atomic E-state index is 14.9. The first-order valence-electron chi connectivity index (χ1n) is 21.2. The Bertz CT molecular complexity index is 2160. The van der Waals surface area contributed by atoms with E-state index in [2.05, 4.69) is 5.32 Å². The van der Waals surface area contributed by atoms with Gasteiger partial charge in [-0.05, 0) is 46.2 Å². The number of likely N-dealkylation sites (tertiary alicyclic amines) is 1. The first-order chi connectivity index (χ1) is 30.1. The van der Waals surface area contributed by atoms with E-state index in [0.717, 1.165) is 22.3 Å². The van der Waals surface area contributed by atoms with Crippen LogP contribution in [0.5, 0.6) is 0 Å². The average molecular weight is 819 g/mol. The highest BCUT2D eigenvalue weighted by Gasteiger charge is 2.51. The second-order valence-electron chi connectivity index (χ2n) is 15.7. The molecule has 2 aliphatic rings. The molecule has 0 saturated carbocycles. The van der Waals surface area contributed by atoms with E-state index in [0.29, 0.717) is 43.7 Å². The van der Waals surface area contributed by atoms with Crippen molar-refractivity contribution in [1.82, 2.24) is 10.2 Å². The maximum Gasteiger partial charge on any atom is 0.319 e. The lowest BCUT2D eigenvalue weighted by atomic mass is 9.79. The largest absolute Gasteiger partial charge is 0.378 e. The molecule has 8 rings (SSSR count). The zero-order chi connectivity index (χ0) is 41.7. The summed E-state index contributed by atoms with van der Waals surface area (Å²) < 4.78 is 33.9. The highest BCUT2D eigenvalue weighted by Crippen LogP contribution is 2.41. The van der Waals surface area contributed by atoms with Gasteiger partial charge in [-0.2, -0.15) is 0 Å². The predicted octanol–water partition coefficient (Wildman–Crippen LogP) is 8.79. The van der Waals surface area contributed by atoms with Crippen molar-refractivity contribution in [1.29, 1.82) is 0 Å². The Morgan fingerprint density at radius 1 is 0.574 bits per heavy atom. The van der Waals surface area contributed by atoms with Crippen LogP contribution in [-0.2, 0) is 55.7 Å². The number of carbonyl (C=O) groups is 1. The lowest BCUT2D eigenvalue weighted by Gasteiger charge is -2.47. The first-order valence-corrected chi connectivity index (χ1v) is 21.2. The van der Waals surface area contributed by atoms with Gasteiger partial charge in [0, 0.05) is 6.54 Å². The van der Waals surface area contributed by atoms with Gasteiger partial charge in [0.2, 0.25) is 0 Å². The molecule has 2 fully saturated rings. The summed E-state index contributed by atoms with van der Waals surface area (Å²) in [6.07, 6.45) is -2.53. The van der Waals surface area contributed by atoms with Crippen LogP contribution in [0.2, 0.25) is 0 Å². The van der Waals surface area contributed by atoms with Gasteiger partial charge in [0.1, 0.15) is 30.0 Å². The molecule has 0 aliphatic carbocycles. The van der Waals surface area contributed by atoms with E-state index in [1.54, 1.807) is 4.90 Å². The smallest absolute Gasteiger partial charge is 0.319 e. The van der Waals surface area contributed by atoms with Crippen molar-refractivity contribution in [3.63, 3.8) is 0 Å². The maximum absolute atomic E-state index is 14.9. The fourth-order valence-corrected chi connectivity index (χ4v) is 8.49. The van der Waals surface area contributed by atoms with E-state index >= 15 is 0 Å². The zero-order valence-electron chi connectivity index (χ0n) is 34.3. The standard InChI is InChI=1S/C52H54N2O7/c55-51(54-33-19-32-46(54)52(56,43-28-15-5-16-29-43)44-30-17-6-18-31-44)53-50-49(60-37-42-26-13-4-14-27-42)48(59-36-41-24-11-3-12-25-41)47(58-35-40-22-9-2-10-23-40)45(61-50)38-57-34-39-20-7-1-8-21-39/h1-18,20-31,45-50,56H,19,32-38H2,(H,53,55)/t45-,46-,47-,48+,49-,50+/m1/s1. The number of rotatable bonds is 17. The van der Waals surface area contributed by atoms with Crippen LogP contribution in [0.15, 0.2) is 182 Å². The predicted molar refractivity (Wildman–Crippen MR) is 234 cm³/mol. The van der Waals surface area contributed by atoms with E-state index in [4.69, 9.17) is 23.7 Å². The minimum Gasteiger partial charge on any atom is -0.378 e. The molecule has 0 spiro atoms. The third-order valence-electron chi connectivity index (χ3n) is 11.6. The van der Waals surface area contributed by atoms with Crippen molar-refractivity contribution >= 4 is 6.03 Å². The van der Waals surface area contributed by atoms with Gasteiger partial charge in [-0.25, -0.2) is 4.79 Å². The third-order valence-corrected chi connectivity index (χ3v) is 11.6. The highest BCUT2D eigenvalue weighted by atomic mass is 16.6. The minimum atomic E-state index is -1.47. The van der Waals surface area contributed by atoms with Crippen molar-refractivity contribution in [2.24, 2.45) is 0 Å². The number of hydrogen-bond donors (Lipinski definition) is 2. The Morgan fingerprint density at radius 2 is 0.984 bits per heavy atom. The summed E-state index contributed by atoms with van der Waals surface area (Å²) in [5, 5.41) is 16.1. The Kier molecular flexibility index (Phi) is 14.3. The number of carbonyl (C=O) groups excluding carboxylic acids is 1. The molecule has 9 nitrogen and oxygen atoms in total. The Balaban J connectivity index is 1.13. The van der Waals surface area contributed by atoms with Crippen LogP contribution in [-0.4, -0.2) is 65.9 Å². The van der Waals surface area contributed by atoms with Crippen LogP contribution < -0.4 is 5.32 Å². The highest BCUT2D eigenvalue weighted by molar-refractivity contribution is 5.75. The van der Waals surface area contributed by atoms with E-state index in [1.165, 1.54) is 0 Å². The number of ether oxygens (including phenoxy) is 5. The van der Waals surface area contributed by atoms with E-state index in [-0.39, 0.29) is 25.9 Å². The van der Waals surface area contributed by atoms with Gasteiger partial charge < -0.3 is 39.0 Å². The number of benzene rings is 6. The SMILES string of the molecule is O=C(N[C@H]1O[C@H](COCc2ccccc2)[C@@H](OCc2ccccc2)[C@H](OCc2ccccc2)[C@H]1OCc1ccccc1)N1CCC[C@@H]1C(O)(c1ccccc1)c1ccccc1. The molecule has 2 heterocycles. The van der Waals surface area contributed by atoms with Crippen LogP contribution in [0, 0.1) is 0 Å². The molecule has 9 heteroatoms. The molecular weight excluding hydrogens is 765 g/mol. The van der Waals surface area contributed by atoms with Gasteiger partial charge in [-0.15, -0.1) is 0 Å². The van der Waals surface area contributed by atoms with Gasteiger partial charge in [0.15, 0.2) is 6.23 Å². The van der Waals surface area contributed by atoms with E-state index < -0.39 is 42.3 Å². The number of aliphatic hydroxyl groups is 1. The molecule has 2 amide bonds. The summed E-state index contributed by atoms with van der Waals surface area (Å²) in [6, 6.07) is 58.1. The van der Waals surface area contributed by atoms with Crippen molar-refractivity contribution in [3.8, 4) is 0 Å². The lowest BCUT2D eigenvalue weighted by molar-refractivity contribution is -0.276. The summed E-state index contributed by atoms with van der Waals surface area (Å²) in [5.74, 6) is 0. The van der Waals surface area contributed by atoms with Crippen LogP contribution in [0.25, 0.3) is 0 Å². The molecular formula is C52H54N2O7. The average Bonchev–Trinajstić information content (AvgIpc) is 3.83. The lowest BCUT2D eigenvalue weighted by Crippen LogP contribution is -2.66. The van der Waals surface area contributed by atoms with E-state index in [9.17, 15) is 9.90 Å². The van der Waals surface area contributed by atoms with Crippen LogP contribution in [0.1, 0.15) is 46.2 Å². The number of nitrogens with zero attached hydrogens (tertiary/aromatic N) is 1. The molecule has 2 N–H and O–H groups in total. The number of hydrogen-bond acceptors (Lipinski definition) is 7. The monoisotopic (exact) mass is 818 g/mol. The first kappa shape index (κ1) is 42.1. The minimum absolute atomic E-state index is 0.158. The Labute approximate surface area is 358 Å². The van der Waals surface area contributed by atoms with Crippen molar-refractivity contribution in [3.05, 3.63) is 215 Å². The summed E-state index contributed by atoms with van der Waals surface area (Å²) in [5.41, 5.74) is 3.92. The van der Waals surface area contributed by atoms with Gasteiger partial charge >= 0.3 is 6.03 Å². The fourth-order valence-electron chi connectivity index (χ4n) is 8.49. The van der Waals surface area contributed by atoms with Crippen LogP contribution in [0.4, 0.5) is 4.79 Å². The second kappa shape index (κ2) is 20.7. The zero-order valence-corrected chi connectivity index (χ0v) is 34.3. The Hall–Kier alpha value is -5.65. The molecule has 0 radical (unpaired) electrons. The molecule has 0 bridgehead atoms. The molecule has 0 unspecified atom stereocenters. The molecule has 2 saturated heterocycles. The van der Waals surface area contributed by atoms with Crippen LogP contribution in [0.3, 0.4) is 0 Å². The summed E-state index contributed by atoms with van der Waals surface area (Å²) in [6.45, 7) is 1.77. The number of amides is 2. The molecule has 2 aliphatic heterocycles. The topological polar surface area (TPSA) is 98.7 Å². The Morgan fingerprint density at radius 3 is 1.46 bits per heavy atom. The molecule has 61 heavy (non-hydrogen) atoms. The van der Waals surface area contributed by atoms with Crippen molar-refractivity contribution in [2.75, 3.05) is 13.2 Å². The fraction of sp³-hybridized carbons (Fsp3) is 0.288. The number of urea groups is 1. The van der Waals surface area contributed by atoms with Gasteiger partial charge in [-0.3, -0.25) is 0 Å². The van der Waals surface area contributed by atoms with E-state index in [1.807, 2.05) is 182 Å². The molecule has 6 aromatic rings. The van der Waals surface area contributed by atoms with Crippen LogP contribution >= 0.6 is 0 Å². The number of nitrogens with one attached hydrogen (secondary N) is 1. The van der Waals surface area contributed by atoms with Gasteiger partial charge in [-0.1, -0.05) is 182 Å². The quantitative estimate of drug-likeness (QED) is 0.0950. The second-order valence-corrected chi connectivity index (χ2v) is 15.7. The molecule has 6 aromatic carbocycles. The summed E-state index contributed by atoms with van der Waals surface area (Å²) in [7, 11) is 0. The summed E-state index contributed by atoms with van der Waals surface area (Å²) in [4.78, 5) is 16.6. The van der Waals surface area contributed by atoms with Gasteiger partial charge in [0.05, 0.1) is 39.1 Å². The van der Waals surface area contributed by atoms with Gasteiger partial charge in [0.25, 0.3) is 0 Å². The third kappa shape index (κ3) is 10.5. The molecule has 6 atom stereocenters. The van der Waals surface area contributed by atoms with Crippen molar-refractivity contribution < 1.29 is 33.6 Å². The van der Waals surface area contributed by atoms with Crippen molar-refractivity contribution in [2.45, 2.75) is 81.6 Å². The molecule has 0 aromatic heterocycles. The molecule has 314 valence electrons.